The maximum absolute atomic E-state index is 13.5. The molecule has 0 radical (unpaired) electrons. The first kappa shape index (κ1) is 11.7. The number of halogens is 2. The Bertz CT molecular complexity index is 516. The molecule has 0 atom stereocenters. The maximum Gasteiger partial charge on any atom is 0.164 e. The van der Waals surface area contributed by atoms with E-state index >= 15 is 0 Å². The molecule has 17 heavy (non-hydrogen) atoms. The minimum Gasteiger partial charge on any atom is -0.506 e. The van der Waals surface area contributed by atoms with Gasteiger partial charge in [-0.05, 0) is 24.3 Å². The van der Waals surface area contributed by atoms with Gasteiger partial charge in [0.25, 0.3) is 0 Å². The summed E-state index contributed by atoms with van der Waals surface area (Å²) >= 11 is 5.65. The van der Waals surface area contributed by atoms with E-state index < -0.39 is 5.82 Å². The molecule has 0 unspecified atom stereocenters. The fourth-order valence-corrected chi connectivity index (χ4v) is 1.52. The first-order valence-electron chi connectivity index (χ1n) is 4.98. The van der Waals surface area contributed by atoms with Crippen LogP contribution in [0.5, 0.6) is 5.75 Å². The van der Waals surface area contributed by atoms with Crippen molar-refractivity contribution in [2.24, 2.45) is 0 Å². The summed E-state index contributed by atoms with van der Waals surface area (Å²) in [6.45, 7) is 0.359. The molecule has 3 nitrogen and oxygen atoms in total. The van der Waals surface area contributed by atoms with Crippen LogP contribution >= 0.6 is 11.6 Å². The second kappa shape index (κ2) is 5.01. The van der Waals surface area contributed by atoms with Crippen LogP contribution in [0.3, 0.4) is 0 Å². The summed E-state index contributed by atoms with van der Waals surface area (Å²) in [5.74, 6) is -0.379. The van der Waals surface area contributed by atoms with Gasteiger partial charge >= 0.3 is 0 Å². The largest absolute Gasteiger partial charge is 0.506 e. The van der Waals surface area contributed by atoms with Crippen molar-refractivity contribution in [3.8, 4) is 5.75 Å². The molecule has 88 valence electrons. The topological polar surface area (TPSA) is 45.1 Å². The van der Waals surface area contributed by atoms with Crippen LogP contribution in [-0.4, -0.2) is 10.1 Å². The van der Waals surface area contributed by atoms with Crippen molar-refractivity contribution < 1.29 is 9.50 Å². The number of pyridine rings is 1. The lowest BCUT2D eigenvalue weighted by molar-refractivity contribution is 0.472. The van der Waals surface area contributed by atoms with Gasteiger partial charge in [-0.25, -0.2) is 4.39 Å². The number of benzene rings is 1. The van der Waals surface area contributed by atoms with Crippen LogP contribution < -0.4 is 5.32 Å². The number of rotatable bonds is 3. The molecular formula is C12H10ClFN2O. The summed E-state index contributed by atoms with van der Waals surface area (Å²) in [7, 11) is 0. The molecule has 2 aromatic rings. The second-order valence-corrected chi connectivity index (χ2v) is 3.87. The molecule has 1 heterocycles. The monoisotopic (exact) mass is 252 g/mol. The van der Waals surface area contributed by atoms with E-state index in [-0.39, 0.29) is 10.8 Å². The van der Waals surface area contributed by atoms with E-state index in [0.717, 1.165) is 0 Å². The molecule has 0 aliphatic heterocycles. The first-order chi connectivity index (χ1) is 8.16. The van der Waals surface area contributed by atoms with Crippen LogP contribution in [-0.2, 0) is 6.54 Å². The molecule has 0 fully saturated rings. The molecule has 2 rings (SSSR count). The smallest absolute Gasteiger partial charge is 0.164 e. The van der Waals surface area contributed by atoms with Gasteiger partial charge in [-0.15, -0.1) is 0 Å². The maximum atomic E-state index is 13.5. The molecule has 2 N–H and O–H groups in total. The fourth-order valence-electron chi connectivity index (χ4n) is 1.35. The molecule has 0 aliphatic carbocycles. The van der Waals surface area contributed by atoms with E-state index in [1.165, 1.54) is 18.3 Å². The average molecular weight is 253 g/mol. The zero-order valence-corrected chi connectivity index (χ0v) is 9.58. The molecule has 0 saturated carbocycles. The van der Waals surface area contributed by atoms with Crippen molar-refractivity contribution in [2.75, 3.05) is 5.32 Å². The zero-order chi connectivity index (χ0) is 12.3. The van der Waals surface area contributed by atoms with Crippen molar-refractivity contribution in [2.45, 2.75) is 6.54 Å². The van der Waals surface area contributed by atoms with E-state index in [9.17, 15) is 4.39 Å². The highest BCUT2D eigenvalue weighted by atomic mass is 35.5. The summed E-state index contributed by atoms with van der Waals surface area (Å²) in [5, 5.41) is 12.0. The quantitative estimate of drug-likeness (QED) is 0.882. The Morgan fingerprint density at radius 3 is 2.82 bits per heavy atom. The van der Waals surface area contributed by atoms with Crippen LogP contribution in [0.1, 0.15) is 5.69 Å². The predicted molar refractivity (Wildman–Crippen MR) is 64.6 cm³/mol. The van der Waals surface area contributed by atoms with E-state index in [0.29, 0.717) is 17.9 Å². The minimum absolute atomic E-state index is 0.0775. The van der Waals surface area contributed by atoms with Crippen LogP contribution in [0.4, 0.5) is 10.1 Å². The molecule has 1 aromatic carbocycles. The second-order valence-electron chi connectivity index (χ2n) is 3.46. The predicted octanol–water partition coefficient (Wildman–Crippen LogP) is 3.19. The standard InChI is InChI=1S/C12H10ClFN2O/c13-10-2-1-3-11(12(10)14)16-6-8-4-5-9(17)7-15-8/h1-5,7,16-17H,6H2. The Labute approximate surface area is 103 Å². The lowest BCUT2D eigenvalue weighted by Crippen LogP contribution is -2.03. The molecular weight excluding hydrogens is 243 g/mol. The molecule has 0 aliphatic rings. The number of hydrogen-bond acceptors (Lipinski definition) is 3. The molecule has 0 saturated heterocycles. The number of nitrogens with zero attached hydrogens (tertiary/aromatic N) is 1. The van der Waals surface area contributed by atoms with Gasteiger partial charge in [-0.3, -0.25) is 4.98 Å². The van der Waals surface area contributed by atoms with E-state index in [2.05, 4.69) is 10.3 Å². The zero-order valence-electron chi connectivity index (χ0n) is 8.82. The van der Waals surface area contributed by atoms with E-state index in [1.807, 2.05) is 0 Å². The first-order valence-corrected chi connectivity index (χ1v) is 5.36. The molecule has 5 heteroatoms. The van der Waals surface area contributed by atoms with Gasteiger partial charge in [-0.1, -0.05) is 17.7 Å². The van der Waals surface area contributed by atoms with E-state index in [4.69, 9.17) is 16.7 Å². The highest BCUT2D eigenvalue weighted by Gasteiger charge is 2.05. The third-order valence-corrected chi connectivity index (χ3v) is 2.51. The molecule has 0 amide bonds. The van der Waals surface area contributed by atoms with Gasteiger partial charge in [-0.2, -0.15) is 0 Å². The SMILES string of the molecule is Oc1ccc(CNc2cccc(Cl)c2F)nc1. The number of aromatic hydroxyl groups is 1. The number of anilines is 1. The number of aromatic nitrogens is 1. The normalized spacial score (nSPS) is 10.2. The third-order valence-electron chi connectivity index (χ3n) is 2.22. The Hall–Kier alpha value is -1.81. The van der Waals surface area contributed by atoms with Crippen LogP contribution in [0.2, 0.25) is 5.02 Å². The molecule has 0 bridgehead atoms. The van der Waals surface area contributed by atoms with E-state index in [1.54, 1.807) is 18.2 Å². The summed E-state index contributed by atoms with van der Waals surface area (Å²) in [6, 6.07) is 7.93. The Balaban J connectivity index is 2.07. The number of hydrogen-bond donors (Lipinski definition) is 2. The van der Waals surface area contributed by atoms with Crippen LogP contribution in [0.25, 0.3) is 0 Å². The lowest BCUT2D eigenvalue weighted by Gasteiger charge is -2.07. The lowest BCUT2D eigenvalue weighted by atomic mass is 10.3. The molecule has 1 aromatic heterocycles. The van der Waals surface area contributed by atoms with Crippen molar-refractivity contribution in [3.05, 3.63) is 53.1 Å². The Kier molecular flexibility index (Phi) is 3.44. The van der Waals surface area contributed by atoms with Crippen molar-refractivity contribution in [1.82, 2.24) is 4.98 Å². The van der Waals surface area contributed by atoms with Gasteiger partial charge in [0.1, 0.15) is 5.75 Å². The van der Waals surface area contributed by atoms with Gasteiger partial charge < -0.3 is 10.4 Å². The Morgan fingerprint density at radius 2 is 2.12 bits per heavy atom. The van der Waals surface area contributed by atoms with Gasteiger partial charge in [0.2, 0.25) is 0 Å². The van der Waals surface area contributed by atoms with Gasteiger partial charge in [0, 0.05) is 0 Å². The van der Waals surface area contributed by atoms with Crippen molar-refractivity contribution >= 4 is 17.3 Å². The van der Waals surface area contributed by atoms with Crippen molar-refractivity contribution in [1.29, 1.82) is 0 Å². The van der Waals surface area contributed by atoms with Crippen LogP contribution in [0.15, 0.2) is 36.5 Å². The van der Waals surface area contributed by atoms with Gasteiger partial charge in [0.05, 0.1) is 29.1 Å². The van der Waals surface area contributed by atoms with Crippen molar-refractivity contribution in [3.63, 3.8) is 0 Å². The Morgan fingerprint density at radius 1 is 1.29 bits per heavy atom. The van der Waals surface area contributed by atoms with Crippen LogP contribution in [0, 0.1) is 5.82 Å². The minimum atomic E-state index is -0.479. The molecule has 0 spiro atoms. The number of nitrogens with one attached hydrogen (secondary N) is 1. The summed E-state index contributed by atoms with van der Waals surface area (Å²) in [6.07, 6.45) is 1.34. The highest BCUT2D eigenvalue weighted by Crippen LogP contribution is 2.22. The highest BCUT2D eigenvalue weighted by molar-refractivity contribution is 6.31. The third kappa shape index (κ3) is 2.85. The summed E-state index contributed by atoms with van der Waals surface area (Å²) in [5.41, 5.74) is 1.02. The summed E-state index contributed by atoms with van der Waals surface area (Å²) < 4.78 is 13.5. The average Bonchev–Trinajstić information content (AvgIpc) is 2.33. The summed E-state index contributed by atoms with van der Waals surface area (Å²) in [4.78, 5) is 3.98. The fraction of sp³-hybridized carbons (Fsp3) is 0.0833. The van der Waals surface area contributed by atoms with Gasteiger partial charge in [0.15, 0.2) is 5.82 Å².